The zero-order valence-electron chi connectivity index (χ0n) is 13.3. The van der Waals surface area contributed by atoms with Crippen LogP contribution in [0.15, 0.2) is 12.1 Å². The molecule has 2 unspecified atom stereocenters. The van der Waals surface area contributed by atoms with Crippen molar-refractivity contribution in [2.75, 3.05) is 13.2 Å². The number of hydrogen-bond acceptors (Lipinski definition) is 4. The number of aliphatic hydroxyl groups excluding tert-OH is 1. The topological polar surface area (TPSA) is 50.7 Å². The van der Waals surface area contributed by atoms with Crippen molar-refractivity contribution < 1.29 is 14.6 Å². The molecule has 21 heavy (non-hydrogen) atoms. The highest BCUT2D eigenvalue weighted by Crippen LogP contribution is 2.35. The van der Waals surface area contributed by atoms with Crippen molar-refractivity contribution in [3.63, 3.8) is 0 Å². The molecule has 2 rings (SSSR count). The zero-order valence-corrected chi connectivity index (χ0v) is 13.3. The summed E-state index contributed by atoms with van der Waals surface area (Å²) in [5.41, 5.74) is 2.38. The fraction of sp³-hybridized carbons (Fsp3) is 0.647. The Morgan fingerprint density at radius 2 is 2.29 bits per heavy atom. The second kappa shape index (κ2) is 7.66. The maximum absolute atomic E-state index is 9.25. The number of hydrogen-bond donors (Lipinski definition) is 2. The third-order valence-electron chi connectivity index (χ3n) is 3.67. The second-order valence-corrected chi connectivity index (χ2v) is 5.80. The molecular formula is C17H27NO3. The lowest BCUT2D eigenvalue weighted by molar-refractivity contribution is 0.181. The molecule has 4 nitrogen and oxygen atoms in total. The van der Waals surface area contributed by atoms with E-state index in [-0.39, 0.29) is 12.2 Å². The number of rotatable bonds is 8. The Hall–Kier alpha value is -1.26. The van der Waals surface area contributed by atoms with E-state index in [0.29, 0.717) is 6.61 Å². The van der Waals surface area contributed by atoms with Gasteiger partial charge in [-0.15, -0.1) is 0 Å². The smallest absolute Gasteiger partial charge is 0.124 e. The van der Waals surface area contributed by atoms with Gasteiger partial charge < -0.3 is 19.9 Å². The van der Waals surface area contributed by atoms with E-state index < -0.39 is 0 Å². The first-order valence-electron chi connectivity index (χ1n) is 7.94. The van der Waals surface area contributed by atoms with Crippen LogP contribution in [0.25, 0.3) is 0 Å². The second-order valence-electron chi connectivity index (χ2n) is 5.80. The quantitative estimate of drug-likeness (QED) is 0.724. The minimum Gasteiger partial charge on any atom is -0.494 e. The molecule has 1 aromatic carbocycles. The van der Waals surface area contributed by atoms with Crippen LogP contribution in [0.2, 0.25) is 0 Å². The third-order valence-corrected chi connectivity index (χ3v) is 3.67. The number of benzene rings is 1. The van der Waals surface area contributed by atoms with E-state index in [1.807, 2.05) is 13.8 Å². The van der Waals surface area contributed by atoms with Crippen LogP contribution >= 0.6 is 0 Å². The molecule has 0 saturated heterocycles. The number of ether oxygens (including phenoxy) is 2. The molecule has 2 N–H and O–H groups in total. The molecule has 118 valence electrons. The van der Waals surface area contributed by atoms with E-state index in [0.717, 1.165) is 49.4 Å². The van der Waals surface area contributed by atoms with Crippen molar-refractivity contribution in [1.29, 1.82) is 0 Å². The van der Waals surface area contributed by atoms with Gasteiger partial charge in [0.15, 0.2) is 0 Å². The highest BCUT2D eigenvalue weighted by atomic mass is 16.5. The highest BCUT2D eigenvalue weighted by molar-refractivity contribution is 5.48. The predicted octanol–water partition coefficient (Wildman–Crippen LogP) is 2.66. The number of fused-ring (bicyclic) bond motifs is 1. The van der Waals surface area contributed by atoms with E-state index in [2.05, 4.69) is 24.4 Å². The fourth-order valence-corrected chi connectivity index (χ4v) is 2.66. The van der Waals surface area contributed by atoms with Crippen LogP contribution in [0.4, 0.5) is 0 Å². The van der Waals surface area contributed by atoms with E-state index in [9.17, 15) is 5.11 Å². The molecule has 0 radical (unpaired) electrons. The van der Waals surface area contributed by atoms with Crippen molar-refractivity contribution in [3.05, 3.63) is 23.3 Å². The summed E-state index contributed by atoms with van der Waals surface area (Å²) < 4.78 is 11.6. The van der Waals surface area contributed by atoms with Gasteiger partial charge in [-0.05, 0) is 52.3 Å². The maximum atomic E-state index is 9.25. The van der Waals surface area contributed by atoms with Crippen molar-refractivity contribution in [2.45, 2.75) is 58.8 Å². The lowest BCUT2D eigenvalue weighted by Gasteiger charge is -2.13. The molecule has 1 aromatic rings. The first-order valence-corrected chi connectivity index (χ1v) is 7.94. The van der Waals surface area contributed by atoms with Gasteiger partial charge >= 0.3 is 0 Å². The van der Waals surface area contributed by atoms with Crippen LogP contribution in [0.3, 0.4) is 0 Å². The van der Waals surface area contributed by atoms with Crippen LogP contribution in [-0.4, -0.2) is 30.5 Å². The Bertz CT molecular complexity index is 460. The molecule has 1 heterocycles. The van der Waals surface area contributed by atoms with Crippen LogP contribution < -0.4 is 14.8 Å². The average Bonchev–Trinajstić information content (AvgIpc) is 2.77. The lowest BCUT2D eigenvalue weighted by atomic mass is 10.1. The first-order chi connectivity index (χ1) is 10.1. The molecule has 0 aliphatic carbocycles. The molecule has 0 bridgehead atoms. The molecular weight excluding hydrogens is 266 g/mol. The predicted molar refractivity (Wildman–Crippen MR) is 84.0 cm³/mol. The molecule has 0 fully saturated rings. The number of aliphatic hydroxyl groups is 1. The van der Waals surface area contributed by atoms with Gasteiger partial charge in [0.05, 0.1) is 12.7 Å². The Morgan fingerprint density at radius 3 is 3.00 bits per heavy atom. The monoisotopic (exact) mass is 293 g/mol. The molecule has 1 aliphatic rings. The fourth-order valence-electron chi connectivity index (χ4n) is 2.66. The highest BCUT2D eigenvalue weighted by Gasteiger charge is 2.21. The van der Waals surface area contributed by atoms with E-state index in [1.54, 1.807) is 0 Å². The molecule has 4 heteroatoms. The van der Waals surface area contributed by atoms with Gasteiger partial charge in [-0.25, -0.2) is 0 Å². The first kappa shape index (κ1) is 16.1. The van der Waals surface area contributed by atoms with Crippen LogP contribution in [0, 0.1) is 0 Å². The summed E-state index contributed by atoms with van der Waals surface area (Å²) in [7, 11) is 0. The minimum atomic E-state index is -0.222. The largest absolute Gasteiger partial charge is 0.494 e. The van der Waals surface area contributed by atoms with Crippen LogP contribution in [-0.2, 0) is 13.0 Å². The van der Waals surface area contributed by atoms with E-state index in [1.165, 1.54) is 5.56 Å². The van der Waals surface area contributed by atoms with Crippen molar-refractivity contribution in [3.8, 4) is 11.5 Å². The SMILES string of the molecule is CCOc1cc2c(cc1CNCCCC(C)O)OC(C)C2. The lowest BCUT2D eigenvalue weighted by Crippen LogP contribution is -2.17. The molecule has 2 atom stereocenters. The summed E-state index contributed by atoms with van der Waals surface area (Å²) >= 11 is 0. The van der Waals surface area contributed by atoms with Gasteiger partial charge in [0, 0.05) is 24.1 Å². The summed E-state index contributed by atoms with van der Waals surface area (Å²) in [5.74, 6) is 1.95. The molecule has 1 aliphatic heterocycles. The van der Waals surface area contributed by atoms with Crippen molar-refractivity contribution in [1.82, 2.24) is 5.32 Å². The molecule has 0 amide bonds. The maximum Gasteiger partial charge on any atom is 0.124 e. The van der Waals surface area contributed by atoms with Crippen molar-refractivity contribution in [2.24, 2.45) is 0 Å². The van der Waals surface area contributed by atoms with Gasteiger partial charge in [0.1, 0.15) is 17.6 Å². The normalized spacial score (nSPS) is 18.2. The molecule has 0 aromatic heterocycles. The average molecular weight is 293 g/mol. The Labute approximate surface area is 127 Å². The van der Waals surface area contributed by atoms with Crippen LogP contribution in [0.1, 0.15) is 44.7 Å². The van der Waals surface area contributed by atoms with Gasteiger partial charge in [-0.3, -0.25) is 0 Å². The minimum absolute atomic E-state index is 0.222. The third kappa shape index (κ3) is 4.61. The van der Waals surface area contributed by atoms with E-state index in [4.69, 9.17) is 9.47 Å². The standard InChI is InChI=1S/C17H27NO3/c1-4-20-16-9-14-8-13(3)21-17(14)10-15(16)11-18-7-5-6-12(2)19/h9-10,12-13,18-19H,4-8,11H2,1-3H3. The van der Waals surface area contributed by atoms with Gasteiger partial charge in [-0.2, -0.15) is 0 Å². The molecule has 0 saturated carbocycles. The Morgan fingerprint density at radius 1 is 1.48 bits per heavy atom. The summed E-state index contributed by atoms with van der Waals surface area (Å²) in [6, 6.07) is 4.22. The summed E-state index contributed by atoms with van der Waals surface area (Å²) in [6.07, 6.45) is 2.79. The van der Waals surface area contributed by atoms with E-state index >= 15 is 0 Å². The van der Waals surface area contributed by atoms with Gasteiger partial charge in [-0.1, -0.05) is 0 Å². The summed E-state index contributed by atoms with van der Waals surface area (Å²) in [4.78, 5) is 0. The summed E-state index contributed by atoms with van der Waals surface area (Å²) in [5, 5.41) is 12.7. The summed E-state index contributed by atoms with van der Waals surface area (Å²) in [6.45, 7) is 8.25. The Balaban J connectivity index is 1.96. The van der Waals surface area contributed by atoms with Gasteiger partial charge in [0.2, 0.25) is 0 Å². The van der Waals surface area contributed by atoms with Crippen LogP contribution in [0.5, 0.6) is 11.5 Å². The number of nitrogens with one attached hydrogen (secondary N) is 1. The Kier molecular flexibility index (Phi) is 5.88. The van der Waals surface area contributed by atoms with Crippen molar-refractivity contribution >= 4 is 0 Å². The zero-order chi connectivity index (χ0) is 15.2. The van der Waals surface area contributed by atoms with Gasteiger partial charge in [0.25, 0.3) is 0 Å². The molecule has 0 spiro atoms.